The zero-order chi connectivity index (χ0) is 18.2. The van der Waals surface area contributed by atoms with E-state index in [1.54, 1.807) is 29.6 Å². The lowest BCUT2D eigenvalue weighted by atomic mass is 9.71. The molecule has 1 unspecified atom stereocenters. The molecule has 1 aromatic carbocycles. The second-order valence-corrected chi connectivity index (χ2v) is 9.31. The summed E-state index contributed by atoms with van der Waals surface area (Å²) in [5.74, 6) is 1.33. The molecule has 152 valence electrons. The number of benzene rings is 1. The van der Waals surface area contributed by atoms with Crippen LogP contribution >= 0.6 is 12.4 Å². The van der Waals surface area contributed by atoms with Gasteiger partial charge in [0, 0.05) is 32.2 Å². The van der Waals surface area contributed by atoms with Gasteiger partial charge >= 0.3 is 0 Å². The van der Waals surface area contributed by atoms with Crippen LogP contribution in [0.1, 0.15) is 12.8 Å². The summed E-state index contributed by atoms with van der Waals surface area (Å²) in [6, 6.07) is 4.88. The molecule has 3 aliphatic rings. The molecular weight excluding hydrogens is 392 g/mol. The van der Waals surface area contributed by atoms with Gasteiger partial charge in [-0.2, -0.15) is 4.31 Å². The molecule has 1 atom stereocenters. The van der Waals surface area contributed by atoms with E-state index in [4.69, 9.17) is 14.2 Å². The molecule has 3 aliphatic heterocycles. The average molecular weight is 419 g/mol. The average Bonchev–Trinajstić information content (AvgIpc) is 3.01. The number of hydrogen-bond acceptors (Lipinski definition) is 6. The SMILES string of the molecule is COCC1CN(S(=O)(=O)c2ccc3c(c2)OCCO3)CC12CCNCC2.Cl. The minimum atomic E-state index is -3.58. The van der Waals surface area contributed by atoms with Crippen LogP contribution in [0.5, 0.6) is 11.5 Å². The topological polar surface area (TPSA) is 77.1 Å². The number of nitrogens with zero attached hydrogens (tertiary/aromatic N) is 1. The van der Waals surface area contributed by atoms with Gasteiger partial charge in [0.25, 0.3) is 0 Å². The Hall–Kier alpha value is -1.06. The third-order valence-corrected chi connectivity index (χ3v) is 7.71. The quantitative estimate of drug-likeness (QED) is 0.798. The number of ether oxygens (including phenoxy) is 3. The van der Waals surface area contributed by atoms with Crippen LogP contribution in [0.4, 0.5) is 0 Å². The second kappa shape index (κ2) is 8.13. The van der Waals surface area contributed by atoms with Crippen molar-refractivity contribution in [2.75, 3.05) is 53.1 Å². The van der Waals surface area contributed by atoms with Crippen molar-refractivity contribution in [3.8, 4) is 11.5 Å². The minimum Gasteiger partial charge on any atom is -0.486 e. The van der Waals surface area contributed by atoms with Crippen LogP contribution in [0.2, 0.25) is 0 Å². The van der Waals surface area contributed by atoms with E-state index in [0.717, 1.165) is 25.9 Å². The van der Waals surface area contributed by atoms with Gasteiger partial charge in [0.15, 0.2) is 11.5 Å². The van der Waals surface area contributed by atoms with Gasteiger partial charge in [0.1, 0.15) is 13.2 Å². The molecule has 7 nitrogen and oxygen atoms in total. The van der Waals surface area contributed by atoms with Gasteiger partial charge in [-0.1, -0.05) is 0 Å². The van der Waals surface area contributed by atoms with Crippen LogP contribution in [-0.2, 0) is 14.8 Å². The zero-order valence-electron chi connectivity index (χ0n) is 15.5. The Balaban J connectivity index is 0.00000210. The minimum absolute atomic E-state index is 0. The van der Waals surface area contributed by atoms with E-state index in [2.05, 4.69) is 5.32 Å². The molecule has 1 aromatic rings. The lowest BCUT2D eigenvalue weighted by molar-refractivity contribution is 0.0718. The monoisotopic (exact) mass is 418 g/mol. The van der Waals surface area contributed by atoms with Gasteiger partial charge in [-0.05, 0) is 43.5 Å². The van der Waals surface area contributed by atoms with Crippen molar-refractivity contribution in [2.45, 2.75) is 17.7 Å². The highest BCUT2D eigenvalue weighted by atomic mass is 35.5. The standard InChI is InChI=1S/C18H26N2O5S.ClH/c1-23-12-14-11-20(13-18(14)4-6-19-7-5-18)26(21,22)15-2-3-16-17(10-15)25-9-8-24-16;/h2-3,10,14,19H,4-9,11-13H2,1H3;1H. The highest BCUT2D eigenvalue weighted by Crippen LogP contribution is 2.45. The van der Waals surface area contributed by atoms with Crippen molar-refractivity contribution < 1.29 is 22.6 Å². The number of sulfonamides is 1. The van der Waals surface area contributed by atoms with Crippen LogP contribution in [0.3, 0.4) is 0 Å². The molecule has 0 aromatic heterocycles. The van der Waals surface area contributed by atoms with E-state index in [9.17, 15) is 8.42 Å². The first-order valence-corrected chi connectivity index (χ1v) is 10.6. The van der Waals surface area contributed by atoms with Crippen molar-refractivity contribution in [1.29, 1.82) is 0 Å². The Morgan fingerprint density at radius 2 is 1.93 bits per heavy atom. The van der Waals surface area contributed by atoms with Gasteiger partial charge in [0.05, 0.1) is 11.5 Å². The molecule has 2 saturated heterocycles. The van der Waals surface area contributed by atoms with Crippen molar-refractivity contribution in [3.63, 3.8) is 0 Å². The predicted molar refractivity (Wildman–Crippen MR) is 103 cm³/mol. The normalized spacial score (nSPS) is 24.6. The van der Waals surface area contributed by atoms with Crippen LogP contribution in [0, 0.1) is 11.3 Å². The third-order valence-electron chi connectivity index (χ3n) is 5.90. The first-order chi connectivity index (χ1) is 12.5. The molecule has 0 bridgehead atoms. The van der Waals surface area contributed by atoms with E-state index in [-0.39, 0.29) is 28.6 Å². The van der Waals surface area contributed by atoms with Crippen molar-refractivity contribution in [1.82, 2.24) is 9.62 Å². The number of hydrogen-bond donors (Lipinski definition) is 1. The van der Waals surface area contributed by atoms with Crippen LogP contribution in [-0.4, -0.2) is 65.8 Å². The molecule has 3 heterocycles. The molecule has 0 saturated carbocycles. The molecule has 9 heteroatoms. The summed E-state index contributed by atoms with van der Waals surface area (Å²) in [5, 5.41) is 3.38. The molecule has 0 amide bonds. The van der Waals surface area contributed by atoms with E-state index in [1.165, 1.54) is 0 Å². The maximum atomic E-state index is 13.3. The van der Waals surface area contributed by atoms with E-state index in [0.29, 0.717) is 44.4 Å². The van der Waals surface area contributed by atoms with Crippen molar-refractivity contribution in [3.05, 3.63) is 18.2 Å². The largest absolute Gasteiger partial charge is 0.486 e. The summed E-state index contributed by atoms with van der Waals surface area (Å²) in [7, 11) is -1.89. The maximum absolute atomic E-state index is 13.3. The maximum Gasteiger partial charge on any atom is 0.243 e. The van der Waals surface area contributed by atoms with Crippen molar-refractivity contribution in [2.24, 2.45) is 11.3 Å². The van der Waals surface area contributed by atoms with Gasteiger partial charge in [-0.25, -0.2) is 8.42 Å². The number of fused-ring (bicyclic) bond motifs is 1. The Bertz CT molecular complexity index is 767. The Labute approximate surface area is 166 Å². The third kappa shape index (κ3) is 3.78. The number of halogens is 1. The molecular formula is C18H27ClN2O5S. The van der Waals surface area contributed by atoms with Gasteiger partial charge in [-0.3, -0.25) is 0 Å². The summed E-state index contributed by atoms with van der Waals surface area (Å²) in [6.07, 6.45) is 1.96. The summed E-state index contributed by atoms with van der Waals surface area (Å²) in [5.41, 5.74) is 0.00213. The Kier molecular flexibility index (Phi) is 6.22. The smallest absolute Gasteiger partial charge is 0.243 e. The fraction of sp³-hybridized carbons (Fsp3) is 0.667. The molecule has 1 spiro atoms. The number of rotatable bonds is 4. The van der Waals surface area contributed by atoms with Crippen molar-refractivity contribution >= 4 is 22.4 Å². The van der Waals surface area contributed by atoms with E-state index in [1.807, 2.05) is 0 Å². The highest BCUT2D eigenvalue weighted by molar-refractivity contribution is 7.89. The van der Waals surface area contributed by atoms with Gasteiger partial charge < -0.3 is 19.5 Å². The number of piperidine rings is 1. The molecule has 0 radical (unpaired) electrons. The van der Waals surface area contributed by atoms with Crippen LogP contribution < -0.4 is 14.8 Å². The lowest BCUT2D eigenvalue weighted by Gasteiger charge is -2.38. The molecule has 1 N–H and O–H groups in total. The first kappa shape index (κ1) is 20.7. The summed E-state index contributed by atoms with van der Waals surface area (Å²) < 4.78 is 44.6. The summed E-state index contributed by atoms with van der Waals surface area (Å²) in [4.78, 5) is 0.268. The lowest BCUT2D eigenvalue weighted by Crippen LogP contribution is -2.43. The summed E-state index contributed by atoms with van der Waals surface area (Å²) in [6.45, 7) is 4.43. The van der Waals surface area contributed by atoms with Crippen LogP contribution in [0.15, 0.2) is 23.1 Å². The molecule has 2 fully saturated rings. The predicted octanol–water partition coefficient (Wildman–Crippen LogP) is 1.52. The fourth-order valence-electron chi connectivity index (χ4n) is 4.42. The number of nitrogens with one attached hydrogen (secondary N) is 1. The number of methoxy groups -OCH3 is 1. The van der Waals surface area contributed by atoms with Crippen LogP contribution in [0.25, 0.3) is 0 Å². The molecule has 0 aliphatic carbocycles. The first-order valence-electron chi connectivity index (χ1n) is 9.15. The van der Waals surface area contributed by atoms with E-state index < -0.39 is 10.0 Å². The van der Waals surface area contributed by atoms with E-state index >= 15 is 0 Å². The highest BCUT2D eigenvalue weighted by Gasteiger charge is 2.50. The zero-order valence-corrected chi connectivity index (χ0v) is 17.1. The Morgan fingerprint density at radius 3 is 2.63 bits per heavy atom. The molecule has 4 rings (SSSR count). The summed E-state index contributed by atoms with van der Waals surface area (Å²) >= 11 is 0. The second-order valence-electron chi connectivity index (χ2n) is 7.37. The van der Waals surface area contributed by atoms with Gasteiger partial charge in [-0.15, -0.1) is 12.4 Å². The molecule has 27 heavy (non-hydrogen) atoms. The fourth-order valence-corrected chi connectivity index (χ4v) is 6.02. The Morgan fingerprint density at radius 1 is 1.22 bits per heavy atom. The van der Waals surface area contributed by atoms with Gasteiger partial charge in [0.2, 0.25) is 10.0 Å².